The maximum atomic E-state index is 13.5. The van der Waals surface area contributed by atoms with Crippen LogP contribution in [0.5, 0.6) is 0 Å². The molecule has 1 N–H and O–H groups in total. The Hall–Kier alpha value is -1.61. The number of aliphatic hydroxyl groups is 1. The maximum absolute atomic E-state index is 13.5. The van der Waals surface area contributed by atoms with Crippen LogP contribution < -0.4 is 34.7 Å². The first kappa shape index (κ1) is 27.0. The number of carbonyl (C=O) groups excluding carboxylic acids is 5. The van der Waals surface area contributed by atoms with Crippen molar-refractivity contribution in [3.63, 3.8) is 0 Å². The molecular weight excluding hydrogens is 451 g/mol. The van der Waals surface area contributed by atoms with Gasteiger partial charge < -0.3 is 19.7 Å². The first-order valence-electron chi connectivity index (χ1n) is 11.5. The Kier molecular flexibility index (Phi) is 7.50. The summed E-state index contributed by atoms with van der Waals surface area (Å²) in [6.45, 7) is 3.11. The van der Waals surface area contributed by atoms with E-state index in [0.29, 0.717) is 19.3 Å². The van der Waals surface area contributed by atoms with Gasteiger partial charge in [-0.2, -0.15) is 0 Å². The van der Waals surface area contributed by atoms with Crippen LogP contribution in [0.25, 0.3) is 0 Å². The zero-order valence-electron chi connectivity index (χ0n) is 19.9. The molecule has 3 fully saturated rings. The number of hydrogen-bond acceptors (Lipinski definition) is 8. The van der Waals surface area contributed by atoms with Crippen LogP contribution in [0.4, 0.5) is 0 Å². The Labute approximate surface area is 220 Å². The molecule has 0 aliphatic heterocycles. The summed E-state index contributed by atoms with van der Waals surface area (Å²) in [5, 5.41) is 22.0. The van der Waals surface area contributed by atoms with Gasteiger partial charge in [0.15, 0.2) is 12.4 Å². The molecule has 0 spiro atoms. The first-order chi connectivity index (χ1) is 15.4. The van der Waals surface area contributed by atoms with E-state index in [1.165, 1.54) is 6.08 Å². The third-order valence-electron chi connectivity index (χ3n) is 8.77. The number of ketones is 3. The van der Waals surface area contributed by atoms with Crippen molar-refractivity contribution >= 4 is 29.3 Å². The van der Waals surface area contributed by atoms with Gasteiger partial charge in [-0.3, -0.25) is 19.2 Å². The Morgan fingerprint density at radius 2 is 1.88 bits per heavy atom. The van der Waals surface area contributed by atoms with Gasteiger partial charge in [0.1, 0.15) is 11.4 Å². The first-order valence-corrected chi connectivity index (χ1v) is 11.5. The van der Waals surface area contributed by atoms with Gasteiger partial charge in [0.25, 0.3) is 0 Å². The molecule has 178 valence electrons. The number of carboxylic acid groups (broad SMARTS) is 1. The zero-order valence-corrected chi connectivity index (χ0v) is 21.9. The number of ether oxygens (including phenoxy) is 1. The number of carboxylic acids is 1. The molecule has 34 heavy (non-hydrogen) atoms. The predicted octanol–water partition coefficient (Wildman–Crippen LogP) is -2.15. The fourth-order valence-electron chi connectivity index (χ4n) is 7.03. The molecule has 0 aromatic heterocycles. The van der Waals surface area contributed by atoms with Crippen molar-refractivity contribution < 1.29 is 68.5 Å². The molecule has 3 saturated carbocycles. The van der Waals surface area contributed by atoms with Gasteiger partial charge >= 0.3 is 35.5 Å². The van der Waals surface area contributed by atoms with Crippen molar-refractivity contribution in [3.8, 4) is 0 Å². The van der Waals surface area contributed by atoms with Crippen LogP contribution in [0.2, 0.25) is 0 Å². The van der Waals surface area contributed by atoms with Gasteiger partial charge in [0.05, 0.1) is 6.42 Å². The van der Waals surface area contributed by atoms with Gasteiger partial charge in [-0.15, -0.1) is 0 Å². The van der Waals surface area contributed by atoms with E-state index in [2.05, 4.69) is 0 Å². The average molecular weight is 480 g/mol. The van der Waals surface area contributed by atoms with Gasteiger partial charge in [-0.1, -0.05) is 25.5 Å². The predicted molar refractivity (Wildman–Crippen MR) is 112 cm³/mol. The Balaban J connectivity index is 0.00000324. The quantitative estimate of drug-likeness (QED) is 0.336. The van der Waals surface area contributed by atoms with Crippen molar-refractivity contribution in [1.29, 1.82) is 0 Å². The fraction of sp³-hybridized carbons (Fsp3) is 0.640. The third kappa shape index (κ3) is 4.16. The molecule has 8 nitrogen and oxygen atoms in total. The summed E-state index contributed by atoms with van der Waals surface area (Å²) in [6, 6.07) is 0. The summed E-state index contributed by atoms with van der Waals surface area (Å²) in [5.41, 5.74) is -2.34. The molecule has 0 radical (unpaired) electrons. The van der Waals surface area contributed by atoms with Crippen LogP contribution >= 0.6 is 0 Å². The number of aliphatic carboxylic acids is 1. The number of fused-ring (bicyclic) bond motifs is 5. The van der Waals surface area contributed by atoms with Crippen molar-refractivity contribution in [2.45, 2.75) is 64.4 Å². The van der Waals surface area contributed by atoms with Crippen molar-refractivity contribution in [3.05, 3.63) is 23.8 Å². The minimum atomic E-state index is -1.80. The van der Waals surface area contributed by atoms with E-state index in [0.717, 1.165) is 5.57 Å². The van der Waals surface area contributed by atoms with E-state index < -0.39 is 53.6 Å². The summed E-state index contributed by atoms with van der Waals surface area (Å²) < 4.78 is 4.91. The van der Waals surface area contributed by atoms with Gasteiger partial charge in [-0.05, 0) is 56.1 Å². The molecule has 4 aliphatic carbocycles. The second-order valence-corrected chi connectivity index (χ2v) is 10.4. The second-order valence-electron chi connectivity index (χ2n) is 10.4. The van der Waals surface area contributed by atoms with E-state index in [4.69, 9.17) is 4.74 Å². The molecule has 6 atom stereocenters. The van der Waals surface area contributed by atoms with E-state index >= 15 is 0 Å². The summed E-state index contributed by atoms with van der Waals surface area (Å²) in [7, 11) is 0. The average Bonchev–Trinajstić information content (AvgIpc) is 3.02. The normalized spacial score (nSPS) is 38.1. The Morgan fingerprint density at radius 3 is 2.56 bits per heavy atom. The number of rotatable bonds is 6. The van der Waals surface area contributed by atoms with Crippen LogP contribution in [-0.2, 0) is 28.7 Å². The van der Waals surface area contributed by atoms with E-state index in [1.54, 1.807) is 13.0 Å². The summed E-state index contributed by atoms with van der Waals surface area (Å²) >= 11 is 0. The second kappa shape index (κ2) is 9.45. The molecule has 0 saturated heterocycles. The number of esters is 1. The monoisotopic (exact) mass is 480 g/mol. The van der Waals surface area contributed by atoms with Crippen LogP contribution in [0.1, 0.15) is 58.8 Å². The number of Topliss-reactive ketones (excluding diaryl/α,β-unsaturated/α-hetero) is 2. The molecule has 4 rings (SSSR count). The molecule has 9 heteroatoms. The van der Waals surface area contributed by atoms with Crippen molar-refractivity contribution in [1.82, 2.24) is 0 Å². The number of carbonyl (C=O) groups is 5. The fourth-order valence-corrected chi connectivity index (χ4v) is 7.03. The molecule has 0 bridgehead atoms. The minimum absolute atomic E-state index is 0. The third-order valence-corrected chi connectivity index (χ3v) is 8.77. The molecule has 3 unspecified atom stereocenters. The largest absolute Gasteiger partial charge is 1.00 e. The van der Waals surface area contributed by atoms with Crippen molar-refractivity contribution in [2.75, 3.05) is 6.61 Å². The molecular formula is C25H29NaO8. The summed E-state index contributed by atoms with van der Waals surface area (Å²) in [5.74, 6) is -3.39. The Morgan fingerprint density at radius 1 is 1.18 bits per heavy atom. The van der Waals surface area contributed by atoms with Crippen LogP contribution in [0.3, 0.4) is 0 Å². The molecule has 4 aliphatic rings. The Bertz CT molecular complexity index is 999. The number of allylic oxidation sites excluding steroid dienone is 4. The van der Waals surface area contributed by atoms with Crippen LogP contribution in [0, 0.1) is 28.6 Å². The van der Waals surface area contributed by atoms with E-state index in [9.17, 15) is 34.2 Å². The molecule has 0 amide bonds. The molecule has 0 aromatic carbocycles. The van der Waals surface area contributed by atoms with Gasteiger partial charge in [-0.25, -0.2) is 0 Å². The standard InChI is InChI=1S/C25H30O8.Na/c1-23-9-7-15(26)11-14(23)3-4-16-17-8-10-25(32,24(17,2)12-18(27)22(16)23)19(28)13-33-21(31)6-5-20(29)30;/h7,9,11,16-17,22,32H,3-6,8,10,12-13H2,1-2H3,(H,29,30);/q;+1/p-1/t16?,17?,22?,23-,24-,25-;/m0./s1. The van der Waals surface area contributed by atoms with Crippen LogP contribution in [0.15, 0.2) is 23.8 Å². The maximum Gasteiger partial charge on any atom is 1.00 e. The minimum Gasteiger partial charge on any atom is -0.550 e. The molecule has 0 heterocycles. The topological polar surface area (TPSA) is 138 Å². The SMILES string of the molecule is C[C@]12C=CC(=O)C=C1CCC1C2C(=O)C[C@@]2(C)C1CC[C@]2(O)C(=O)COC(=O)CCC(=O)[O-].[Na+]. The van der Waals surface area contributed by atoms with Gasteiger partial charge in [0.2, 0.25) is 5.78 Å². The smallest absolute Gasteiger partial charge is 0.550 e. The van der Waals surface area contributed by atoms with E-state index in [1.807, 2.05) is 13.0 Å². The van der Waals surface area contributed by atoms with Crippen LogP contribution in [-0.4, -0.2) is 46.6 Å². The van der Waals surface area contributed by atoms with Crippen molar-refractivity contribution in [2.24, 2.45) is 28.6 Å². The zero-order chi connectivity index (χ0) is 24.2. The van der Waals surface area contributed by atoms with E-state index in [-0.39, 0.29) is 71.7 Å². The van der Waals surface area contributed by atoms with Gasteiger partial charge in [0, 0.05) is 29.1 Å². The number of hydrogen-bond donors (Lipinski definition) is 1. The summed E-state index contributed by atoms with van der Waals surface area (Å²) in [6.07, 6.45) is 6.27. The molecule has 0 aromatic rings. The summed E-state index contributed by atoms with van der Waals surface area (Å²) in [4.78, 5) is 60.7.